The fourth-order valence-electron chi connectivity index (χ4n) is 2.13. The highest BCUT2D eigenvalue weighted by molar-refractivity contribution is 5.20. The molecule has 106 valence electrons. The van der Waals surface area contributed by atoms with Gasteiger partial charge in [0.25, 0.3) is 0 Å². The van der Waals surface area contributed by atoms with Crippen molar-refractivity contribution >= 4 is 0 Å². The standard InChI is InChI=1S/C16H21N3O/c1-19(2)16(13-6-4-3-5-7-13)12-17-10-14-8-9-15(20)11-18-14/h3-9,11,16-17,20H,10,12H2,1-2H3. The predicted molar refractivity (Wildman–Crippen MR) is 80.5 cm³/mol. The molecule has 4 heteroatoms. The summed E-state index contributed by atoms with van der Waals surface area (Å²) in [5.41, 5.74) is 2.22. The third-order valence-electron chi connectivity index (χ3n) is 3.26. The minimum absolute atomic E-state index is 0.198. The molecule has 1 unspecified atom stereocenters. The van der Waals surface area contributed by atoms with Crippen LogP contribution in [0.25, 0.3) is 0 Å². The van der Waals surface area contributed by atoms with E-state index in [0.29, 0.717) is 12.6 Å². The molecule has 0 aliphatic carbocycles. The number of aromatic hydroxyl groups is 1. The summed E-state index contributed by atoms with van der Waals surface area (Å²) in [5, 5.41) is 12.6. The summed E-state index contributed by atoms with van der Waals surface area (Å²) in [6.45, 7) is 1.54. The van der Waals surface area contributed by atoms with Crippen molar-refractivity contribution in [3.63, 3.8) is 0 Å². The molecule has 0 aliphatic rings. The Labute approximate surface area is 120 Å². The minimum Gasteiger partial charge on any atom is -0.506 e. The lowest BCUT2D eigenvalue weighted by atomic mass is 10.1. The first-order valence-corrected chi connectivity index (χ1v) is 6.73. The molecule has 0 bridgehead atoms. The average Bonchev–Trinajstić information content (AvgIpc) is 2.46. The van der Waals surface area contributed by atoms with Gasteiger partial charge in [0.1, 0.15) is 5.75 Å². The Hall–Kier alpha value is -1.91. The van der Waals surface area contributed by atoms with E-state index in [1.54, 1.807) is 6.07 Å². The molecule has 1 atom stereocenters. The van der Waals surface area contributed by atoms with E-state index in [1.807, 2.05) is 12.1 Å². The van der Waals surface area contributed by atoms with Gasteiger partial charge in [-0.2, -0.15) is 0 Å². The molecule has 0 amide bonds. The lowest BCUT2D eigenvalue weighted by molar-refractivity contribution is 0.288. The van der Waals surface area contributed by atoms with E-state index in [0.717, 1.165) is 12.2 Å². The summed E-state index contributed by atoms with van der Waals surface area (Å²) in [6, 6.07) is 14.3. The number of likely N-dealkylation sites (N-methyl/N-ethyl adjacent to an activating group) is 1. The molecule has 2 rings (SSSR count). The van der Waals surface area contributed by atoms with Crippen molar-refractivity contribution in [2.75, 3.05) is 20.6 Å². The maximum absolute atomic E-state index is 9.20. The Balaban J connectivity index is 1.91. The van der Waals surface area contributed by atoms with E-state index >= 15 is 0 Å². The van der Waals surface area contributed by atoms with Crippen LogP contribution in [0.2, 0.25) is 0 Å². The van der Waals surface area contributed by atoms with E-state index in [1.165, 1.54) is 11.8 Å². The zero-order valence-electron chi connectivity index (χ0n) is 12.0. The summed E-state index contributed by atoms with van der Waals surface area (Å²) in [5.74, 6) is 0.198. The molecule has 2 N–H and O–H groups in total. The second-order valence-electron chi connectivity index (χ2n) is 5.03. The summed E-state index contributed by atoms with van der Waals surface area (Å²) in [7, 11) is 4.16. The van der Waals surface area contributed by atoms with Crippen LogP contribution in [0.15, 0.2) is 48.7 Å². The van der Waals surface area contributed by atoms with Crippen molar-refractivity contribution in [1.82, 2.24) is 15.2 Å². The number of rotatable bonds is 6. The highest BCUT2D eigenvalue weighted by Gasteiger charge is 2.12. The lowest BCUT2D eigenvalue weighted by Gasteiger charge is -2.25. The van der Waals surface area contributed by atoms with Gasteiger partial charge in [-0.25, -0.2) is 0 Å². The topological polar surface area (TPSA) is 48.4 Å². The molecular formula is C16H21N3O. The van der Waals surface area contributed by atoms with E-state index in [4.69, 9.17) is 0 Å². The smallest absolute Gasteiger partial charge is 0.133 e. The van der Waals surface area contributed by atoms with Crippen LogP contribution < -0.4 is 5.32 Å². The minimum atomic E-state index is 0.198. The predicted octanol–water partition coefficient (Wildman–Crippen LogP) is 2.18. The van der Waals surface area contributed by atoms with Crippen molar-refractivity contribution in [2.45, 2.75) is 12.6 Å². The lowest BCUT2D eigenvalue weighted by Crippen LogP contribution is -2.30. The van der Waals surface area contributed by atoms with Crippen LogP contribution in [0.5, 0.6) is 5.75 Å². The highest BCUT2D eigenvalue weighted by atomic mass is 16.3. The van der Waals surface area contributed by atoms with Crippen LogP contribution in [-0.4, -0.2) is 35.6 Å². The molecule has 2 aromatic rings. The van der Waals surface area contributed by atoms with Gasteiger partial charge in [-0.3, -0.25) is 4.98 Å². The average molecular weight is 271 g/mol. The van der Waals surface area contributed by atoms with Gasteiger partial charge in [0.05, 0.1) is 11.9 Å². The van der Waals surface area contributed by atoms with Gasteiger partial charge >= 0.3 is 0 Å². The quantitative estimate of drug-likeness (QED) is 0.845. The molecule has 0 radical (unpaired) electrons. The molecule has 0 saturated carbocycles. The third kappa shape index (κ3) is 4.05. The number of aromatic nitrogens is 1. The van der Waals surface area contributed by atoms with E-state index in [9.17, 15) is 5.11 Å². The maximum Gasteiger partial charge on any atom is 0.133 e. The van der Waals surface area contributed by atoms with Crippen LogP contribution in [-0.2, 0) is 6.54 Å². The van der Waals surface area contributed by atoms with Crippen molar-refractivity contribution in [1.29, 1.82) is 0 Å². The molecular weight excluding hydrogens is 250 g/mol. The summed E-state index contributed by atoms with van der Waals surface area (Å²) < 4.78 is 0. The Morgan fingerprint density at radius 1 is 1.15 bits per heavy atom. The fourth-order valence-corrected chi connectivity index (χ4v) is 2.13. The van der Waals surface area contributed by atoms with Crippen LogP contribution in [0.4, 0.5) is 0 Å². The molecule has 20 heavy (non-hydrogen) atoms. The van der Waals surface area contributed by atoms with Gasteiger partial charge < -0.3 is 15.3 Å². The van der Waals surface area contributed by atoms with Gasteiger partial charge in [-0.05, 0) is 31.8 Å². The number of hydrogen-bond donors (Lipinski definition) is 2. The van der Waals surface area contributed by atoms with Crippen LogP contribution in [0.1, 0.15) is 17.3 Å². The van der Waals surface area contributed by atoms with Gasteiger partial charge in [0, 0.05) is 19.1 Å². The number of nitrogens with one attached hydrogen (secondary N) is 1. The molecule has 0 aliphatic heterocycles. The van der Waals surface area contributed by atoms with Gasteiger partial charge in [-0.1, -0.05) is 30.3 Å². The monoisotopic (exact) mass is 271 g/mol. The molecule has 0 saturated heterocycles. The van der Waals surface area contributed by atoms with E-state index in [-0.39, 0.29) is 5.75 Å². The molecule has 1 aromatic carbocycles. The van der Waals surface area contributed by atoms with Crippen LogP contribution in [0.3, 0.4) is 0 Å². The highest BCUT2D eigenvalue weighted by Crippen LogP contribution is 2.16. The van der Waals surface area contributed by atoms with Gasteiger partial charge in [0.15, 0.2) is 0 Å². The molecule has 0 spiro atoms. The van der Waals surface area contributed by atoms with E-state index in [2.05, 4.69) is 53.6 Å². The van der Waals surface area contributed by atoms with Crippen molar-refractivity contribution in [3.05, 3.63) is 59.9 Å². The fraction of sp³-hybridized carbons (Fsp3) is 0.312. The summed E-state index contributed by atoms with van der Waals surface area (Å²) in [4.78, 5) is 6.37. The molecule has 4 nitrogen and oxygen atoms in total. The number of benzene rings is 1. The molecule has 1 aromatic heterocycles. The Morgan fingerprint density at radius 2 is 1.90 bits per heavy atom. The third-order valence-corrected chi connectivity index (χ3v) is 3.26. The largest absolute Gasteiger partial charge is 0.506 e. The second kappa shape index (κ2) is 7.03. The number of pyridine rings is 1. The molecule has 0 fully saturated rings. The van der Waals surface area contributed by atoms with Crippen LogP contribution in [0, 0.1) is 0 Å². The molecule has 1 heterocycles. The Kier molecular flexibility index (Phi) is 5.09. The van der Waals surface area contributed by atoms with Crippen molar-refractivity contribution in [2.24, 2.45) is 0 Å². The van der Waals surface area contributed by atoms with Crippen LogP contribution >= 0.6 is 0 Å². The van der Waals surface area contributed by atoms with Crippen molar-refractivity contribution < 1.29 is 5.11 Å². The normalized spacial score (nSPS) is 12.6. The van der Waals surface area contributed by atoms with Gasteiger partial charge in [-0.15, -0.1) is 0 Å². The van der Waals surface area contributed by atoms with Crippen molar-refractivity contribution in [3.8, 4) is 5.75 Å². The summed E-state index contributed by atoms with van der Waals surface area (Å²) in [6.07, 6.45) is 1.47. The zero-order valence-corrected chi connectivity index (χ0v) is 12.0. The van der Waals surface area contributed by atoms with Gasteiger partial charge in [0.2, 0.25) is 0 Å². The Morgan fingerprint density at radius 3 is 2.50 bits per heavy atom. The maximum atomic E-state index is 9.20. The SMILES string of the molecule is CN(C)C(CNCc1ccc(O)cn1)c1ccccc1. The summed E-state index contributed by atoms with van der Waals surface area (Å²) >= 11 is 0. The van der Waals surface area contributed by atoms with E-state index < -0.39 is 0 Å². The first kappa shape index (κ1) is 14.5. The zero-order chi connectivity index (χ0) is 14.4. The number of nitrogens with zero attached hydrogens (tertiary/aromatic N) is 2. The number of hydrogen-bond acceptors (Lipinski definition) is 4. The first-order chi connectivity index (χ1) is 9.66. The first-order valence-electron chi connectivity index (χ1n) is 6.73. The Bertz CT molecular complexity index is 511. The second-order valence-corrected chi connectivity index (χ2v) is 5.03.